The maximum atomic E-state index is 12.0. The lowest BCUT2D eigenvalue weighted by Gasteiger charge is -2.20. The van der Waals surface area contributed by atoms with E-state index in [9.17, 15) is 9.90 Å². The Labute approximate surface area is 118 Å². The Balaban J connectivity index is 2.86. The van der Waals surface area contributed by atoms with Crippen LogP contribution >= 0.6 is 31.9 Å². The fourth-order valence-corrected chi connectivity index (χ4v) is 2.13. The van der Waals surface area contributed by atoms with Gasteiger partial charge in [0.15, 0.2) is 0 Å². The van der Waals surface area contributed by atoms with Gasteiger partial charge in [-0.05, 0) is 40.0 Å². The van der Waals surface area contributed by atoms with E-state index < -0.39 is 0 Å². The third-order valence-electron chi connectivity index (χ3n) is 2.49. The van der Waals surface area contributed by atoms with Gasteiger partial charge in [-0.3, -0.25) is 4.79 Å². The third-order valence-corrected chi connectivity index (χ3v) is 3.68. The highest BCUT2D eigenvalue weighted by molar-refractivity contribution is 9.11. The van der Waals surface area contributed by atoms with E-state index in [4.69, 9.17) is 0 Å². The van der Waals surface area contributed by atoms with Crippen LogP contribution < -0.4 is 5.32 Å². The zero-order valence-corrected chi connectivity index (χ0v) is 12.9. The summed E-state index contributed by atoms with van der Waals surface area (Å²) in [6.45, 7) is 3.85. The number of rotatable bonds is 4. The average molecular weight is 365 g/mol. The summed E-state index contributed by atoms with van der Waals surface area (Å²) in [4.78, 5) is 12.0. The molecule has 0 aromatic heterocycles. The first kappa shape index (κ1) is 14.7. The van der Waals surface area contributed by atoms with E-state index in [1.165, 1.54) is 0 Å². The van der Waals surface area contributed by atoms with Crippen LogP contribution in [0.2, 0.25) is 0 Å². The fourth-order valence-electron chi connectivity index (χ4n) is 1.34. The van der Waals surface area contributed by atoms with Gasteiger partial charge in [-0.25, -0.2) is 0 Å². The summed E-state index contributed by atoms with van der Waals surface area (Å²) in [6, 6.07) is 5.18. The van der Waals surface area contributed by atoms with Crippen LogP contribution in [-0.2, 0) is 0 Å². The molecule has 94 valence electrons. The van der Waals surface area contributed by atoms with Crippen molar-refractivity contribution in [3.8, 4) is 0 Å². The highest BCUT2D eigenvalue weighted by atomic mass is 79.9. The molecular weight excluding hydrogens is 350 g/mol. The molecule has 0 spiro atoms. The second-order valence-corrected chi connectivity index (χ2v) is 5.90. The van der Waals surface area contributed by atoms with E-state index in [1.807, 2.05) is 26.0 Å². The molecule has 0 radical (unpaired) electrons. The molecule has 1 aromatic rings. The number of benzene rings is 1. The van der Waals surface area contributed by atoms with Crippen molar-refractivity contribution >= 4 is 37.8 Å². The minimum atomic E-state index is -0.228. The number of amides is 1. The van der Waals surface area contributed by atoms with Crippen molar-refractivity contribution in [2.24, 2.45) is 5.92 Å². The van der Waals surface area contributed by atoms with E-state index in [0.29, 0.717) is 5.56 Å². The normalized spacial score (nSPS) is 12.6. The predicted octanol–water partition coefficient (Wildman–Crippen LogP) is 2.96. The second-order valence-electron chi connectivity index (χ2n) is 4.13. The molecule has 1 rings (SSSR count). The van der Waals surface area contributed by atoms with Gasteiger partial charge >= 0.3 is 0 Å². The Morgan fingerprint density at radius 3 is 2.59 bits per heavy atom. The lowest BCUT2D eigenvalue weighted by Crippen LogP contribution is -2.41. The summed E-state index contributed by atoms with van der Waals surface area (Å²) in [5.41, 5.74) is 0.554. The average Bonchev–Trinajstić information content (AvgIpc) is 2.28. The molecule has 1 atom stereocenters. The van der Waals surface area contributed by atoms with Crippen LogP contribution in [0, 0.1) is 5.92 Å². The third kappa shape index (κ3) is 4.08. The summed E-state index contributed by atoms with van der Waals surface area (Å²) >= 11 is 6.66. The van der Waals surface area contributed by atoms with Crippen molar-refractivity contribution < 1.29 is 9.90 Å². The van der Waals surface area contributed by atoms with Gasteiger partial charge in [0.05, 0.1) is 18.2 Å². The quantitative estimate of drug-likeness (QED) is 0.862. The number of aliphatic hydroxyl groups is 1. The molecular formula is C12H15Br2NO2. The van der Waals surface area contributed by atoms with Gasteiger partial charge < -0.3 is 10.4 Å². The molecule has 2 N–H and O–H groups in total. The molecule has 17 heavy (non-hydrogen) atoms. The Morgan fingerprint density at radius 2 is 2.06 bits per heavy atom. The van der Waals surface area contributed by atoms with E-state index in [-0.39, 0.29) is 24.5 Å². The molecule has 0 unspecified atom stereocenters. The zero-order valence-electron chi connectivity index (χ0n) is 9.71. The molecule has 1 amide bonds. The van der Waals surface area contributed by atoms with Crippen LogP contribution in [0.4, 0.5) is 0 Å². The lowest BCUT2D eigenvalue weighted by molar-refractivity contribution is 0.0896. The van der Waals surface area contributed by atoms with Gasteiger partial charge in [-0.1, -0.05) is 29.8 Å². The topological polar surface area (TPSA) is 49.3 Å². The highest BCUT2D eigenvalue weighted by Gasteiger charge is 2.17. The van der Waals surface area contributed by atoms with Crippen molar-refractivity contribution in [2.45, 2.75) is 19.9 Å². The first-order chi connectivity index (χ1) is 7.95. The molecule has 0 aliphatic heterocycles. The monoisotopic (exact) mass is 363 g/mol. The highest BCUT2D eigenvalue weighted by Crippen LogP contribution is 2.21. The molecule has 0 aliphatic rings. The van der Waals surface area contributed by atoms with Crippen molar-refractivity contribution in [1.82, 2.24) is 5.32 Å². The maximum Gasteiger partial charge on any atom is 0.252 e. The molecule has 0 fully saturated rings. The smallest absolute Gasteiger partial charge is 0.252 e. The first-order valence-electron chi connectivity index (χ1n) is 5.32. The van der Waals surface area contributed by atoms with E-state index in [1.54, 1.807) is 6.07 Å². The summed E-state index contributed by atoms with van der Waals surface area (Å²) in [5.74, 6) is 0.000744. The van der Waals surface area contributed by atoms with Crippen molar-refractivity contribution in [1.29, 1.82) is 0 Å². The molecule has 0 heterocycles. The van der Waals surface area contributed by atoms with Crippen LogP contribution in [0.1, 0.15) is 24.2 Å². The summed E-state index contributed by atoms with van der Waals surface area (Å²) in [7, 11) is 0. The minimum Gasteiger partial charge on any atom is -0.394 e. The SMILES string of the molecule is CC(C)[C@@H](CO)NC(=O)c1cc(Br)ccc1Br. The summed E-state index contributed by atoms with van der Waals surface area (Å²) in [6.07, 6.45) is 0. The maximum absolute atomic E-state index is 12.0. The number of carbonyl (C=O) groups is 1. The van der Waals surface area contributed by atoms with Gasteiger partial charge in [-0.2, -0.15) is 0 Å². The Hall–Kier alpha value is -0.390. The van der Waals surface area contributed by atoms with Crippen molar-refractivity contribution in [2.75, 3.05) is 6.61 Å². The fraction of sp³-hybridized carbons (Fsp3) is 0.417. The van der Waals surface area contributed by atoms with Gasteiger partial charge in [0.25, 0.3) is 5.91 Å². The van der Waals surface area contributed by atoms with Gasteiger partial charge in [-0.15, -0.1) is 0 Å². The van der Waals surface area contributed by atoms with Crippen LogP contribution in [0.5, 0.6) is 0 Å². The standard InChI is InChI=1S/C12H15Br2NO2/c1-7(2)11(6-16)15-12(17)9-5-8(13)3-4-10(9)14/h3-5,7,11,16H,6H2,1-2H3,(H,15,17)/t11-/m1/s1. The molecule has 0 saturated carbocycles. The summed E-state index contributed by atoms with van der Waals surface area (Å²) in [5, 5.41) is 12.0. The Kier molecular flexibility index (Phi) is 5.62. The Morgan fingerprint density at radius 1 is 1.41 bits per heavy atom. The predicted molar refractivity (Wildman–Crippen MR) is 75.0 cm³/mol. The van der Waals surface area contributed by atoms with E-state index in [0.717, 1.165) is 8.95 Å². The van der Waals surface area contributed by atoms with Crippen LogP contribution in [-0.4, -0.2) is 23.7 Å². The molecule has 0 saturated heterocycles. The first-order valence-corrected chi connectivity index (χ1v) is 6.91. The summed E-state index contributed by atoms with van der Waals surface area (Å²) < 4.78 is 1.58. The minimum absolute atomic E-state index is 0.0605. The number of carbonyl (C=O) groups excluding carboxylic acids is 1. The number of hydrogen-bond acceptors (Lipinski definition) is 2. The molecule has 3 nitrogen and oxygen atoms in total. The van der Waals surface area contributed by atoms with Crippen molar-refractivity contribution in [3.05, 3.63) is 32.7 Å². The number of hydrogen-bond donors (Lipinski definition) is 2. The molecule has 1 aromatic carbocycles. The second kappa shape index (κ2) is 6.52. The lowest BCUT2D eigenvalue weighted by atomic mass is 10.0. The largest absolute Gasteiger partial charge is 0.394 e. The molecule has 0 bridgehead atoms. The van der Waals surface area contributed by atoms with Crippen LogP contribution in [0.25, 0.3) is 0 Å². The van der Waals surface area contributed by atoms with Gasteiger partial charge in [0.1, 0.15) is 0 Å². The van der Waals surface area contributed by atoms with Gasteiger partial charge in [0.2, 0.25) is 0 Å². The number of halogens is 2. The molecule has 5 heteroatoms. The number of aliphatic hydroxyl groups excluding tert-OH is 1. The molecule has 0 aliphatic carbocycles. The van der Waals surface area contributed by atoms with Crippen LogP contribution in [0.15, 0.2) is 27.1 Å². The van der Waals surface area contributed by atoms with E-state index >= 15 is 0 Å². The van der Waals surface area contributed by atoms with Crippen LogP contribution in [0.3, 0.4) is 0 Å². The Bertz CT molecular complexity index is 407. The number of nitrogens with one attached hydrogen (secondary N) is 1. The zero-order chi connectivity index (χ0) is 13.0. The van der Waals surface area contributed by atoms with Crippen molar-refractivity contribution in [3.63, 3.8) is 0 Å². The van der Waals surface area contributed by atoms with E-state index in [2.05, 4.69) is 37.2 Å². The van der Waals surface area contributed by atoms with Gasteiger partial charge in [0, 0.05) is 8.95 Å².